The predicted octanol–water partition coefficient (Wildman–Crippen LogP) is 2.41. The van der Waals surface area contributed by atoms with Crippen molar-refractivity contribution in [3.63, 3.8) is 0 Å². The third-order valence-electron chi connectivity index (χ3n) is 2.84. The number of rotatable bonds is 5. The van der Waals surface area contributed by atoms with Crippen molar-refractivity contribution in [2.24, 2.45) is 0 Å². The molecule has 0 spiro atoms. The highest BCUT2D eigenvalue weighted by Crippen LogP contribution is 2.21. The normalized spacial score (nSPS) is 12.7. The van der Waals surface area contributed by atoms with Crippen LogP contribution in [0.3, 0.4) is 0 Å². The molecular formula is C13H21F3N4O2S. The zero-order chi connectivity index (χ0) is 18.0. The van der Waals surface area contributed by atoms with Gasteiger partial charge in [-0.15, -0.1) is 5.10 Å². The minimum absolute atomic E-state index is 0.0283. The highest BCUT2D eigenvalue weighted by molar-refractivity contribution is 7.71. The predicted molar refractivity (Wildman–Crippen MR) is 80.3 cm³/mol. The Hall–Kier alpha value is -1.42. The van der Waals surface area contributed by atoms with Crippen LogP contribution in [-0.2, 0) is 16.9 Å². The average Bonchev–Trinajstić information content (AvgIpc) is 2.68. The van der Waals surface area contributed by atoms with Gasteiger partial charge in [0.15, 0.2) is 0 Å². The quantitative estimate of drug-likeness (QED) is 0.760. The number of alkyl halides is 3. The lowest BCUT2D eigenvalue weighted by atomic mass is 9.97. The van der Waals surface area contributed by atoms with E-state index in [-0.39, 0.29) is 11.5 Å². The Morgan fingerprint density at radius 2 is 1.87 bits per heavy atom. The lowest BCUT2D eigenvalue weighted by molar-refractivity contribution is -0.154. The Morgan fingerprint density at radius 3 is 2.26 bits per heavy atom. The molecule has 0 atom stereocenters. The minimum atomic E-state index is -4.44. The van der Waals surface area contributed by atoms with Crippen LogP contribution in [0.4, 0.5) is 13.2 Å². The summed E-state index contributed by atoms with van der Waals surface area (Å²) in [6.07, 6.45) is -4.44. The largest absolute Gasteiger partial charge is 0.413 e. The summed E-state index contributed by atoms with van der Waals surface area (Å²) in [7, 11) is 2.96. The van der Waals surface area contributed by atoms with Gasteiger partial charge >= 0.3 is 6.18 Å². The lowest BCUT2D eigenvalue weighted by Gasteiger charge is -2.24. The summed E-state index contributed by atoms with van der Waals surface area (Å²) in [6, 6.07) is 0. The van der Waals surface area contributed by atoms with Gasteiger partial charge in [0.1, 0.15) is 0 Å². The zero-order valence-electron chi connectivity index (χ0n) is 13.8. The van der Waals surface area contributed by atoms with E-state index in [2.05, 4.69) is 5.10 Å². The number of hydrogen-bond acceptors (Lipinski definition) is 5. The molecular weight excluding hydrogens is 333 g/mol. The number of hydrogen-bond donors (Lipinski definition) is 0. The number of likely N-dealkylation sites (N-methyl/N-ethyl adjacent to an activating group) is 1. The molecule has 0 fully saturated rings. The number of carbonyl (C=O) groups excluding carboxylic acids is 1. The zero-order valence-corrected chi connectivity index (χ0v) is 14.6. The number of amides is 1. The molecule has 132 valence electrons. The van der Waals surface area contributed by atoms with E-state index in [9.17, 15) is 18.0 Å². The second-order valence-electron chi connectivity index (χ2n) is 6.45. The van der Waals surface area contributed by atoms with Crippen LogP contribution >= 0.6 is 12.2 Å². The molecule has 10 heteroatoms. The van der Waals surface area contributed by atoms with Gasteiger partial charge in [-0.1, -0.05) is 20.8 Å². The summed E-state index contributed by atoms with van der Waals surface area (Å²) in [5.74, 6) is -0.117. The second kappa shape index (κ2) is 7.00. The summed E-state index contributed by atoms with van der Waals surface area (Å²) in [4.78, 5) is 13.8. The molecule has 1 heterocycles. The van der Waals surface area contributed by atoms with E-state index in [0.29, 0.717) is 5.89 Å². The molecule has 0 aromatic carbocycles. The fourth-order valence-corrected chi connectivity index (χ4v) is 1.81. The van der Waals surface area contributed by atoms with Gasteiger partial charge in [-0.3, -0.25) is 9.69 Å². The maximum Gasteiger partial charge on any atom is 0.401 e. The van der Waals surface area contributed by atoms with Gasteiger partial charge in [-0.25, -0.2) is 4.68 Å². The van der Waals surface area contributed by atoms with Crippen LogP contribution in [0.1, 0.15) is 26.7 Å². The van der Waals surface area contributed by atoms with E-state index < -0.39 is 30.6 Å². The average molecular weight is 354 g/mol. The first-order valence-corrected chi connectivity index (χ1v) is 7.28. The van der Waals surface area contributed by atoms with Gasteiger partial charge in [-0.2, -0.15) is 13.2 Å². The van der Waals surface area contributed by atoms with Crippen molar-refractivity contribution in [1.29, 1.82) is 0 Å². The molecule has 1 aromatic rings. The molecule has 6 nitrogen and oxygen atoms in total. The number of nitrogens with zero attached hydrogens (tertiary/aromatic N) is 4. The van der Waals surface area contributed by atoms with Crippen LogP contribution in [0.5, 0.6) is 0 Å². The summed E-state index contributed by atoms with van der Waals surface area (Å²) in [5.41, 5.74) is -0.423. The molecule has 0 aliphatic carbocycles. The van der Waals surface area contributed by atoms with Crippen LogP contribution in [-0.4, -0.2) is 58.8 Å². The van der Waals surface area contributed by atoms with E-state index in [1.165, 1.54) is 19.0 Å². The van der Waals surface area contributed by atoms with Gasteiger partial charge < -0.3 is 9.32 Å². The minimum Gasteiger partial charge on any atom is -0.413 e. The Morgan fingerprint density at radius 1 is 1.30 bits per heavy atom. The van der Waals surface area contributed by atoms with E-state index in [1.807, 2.05) is 20.8 Å². The van der Waals surface area contributed by atoms with Gasteiger partial charge in [0.25, 0.3) is 4.84 Å². The van der Waals surface area contributed by atoms with Crippen molar-refractivity contribution in [2.75, 3.05) is 27.2 Å². The van der Waals surface area contributed by atoms with Crippen molar-refractivity contribution >= 4 is 18.1 Å². The SMILES string of the molecule is CN(C)C(=O)CN(Cn1nc(C(C)(C)C)oc1=S)CC(F)(F)F. The number of carbonyl (C=O) groups is 1. The fraction of sp³-hybridized carbons (Fsp3) is 0.769. The molecule has 1 aromatic heterocycles. The molecule has 0 radical (unpaired) electrons. The molecule has 0 aliphatic heterocycles. The highest BCUT2D eigenvalue weighted by Gasteiger charge is 2.32. The van der Waals surface area contributed by atoms with Crippen LogP contribution in [0.25, 0.3) is 0 Å². The lowest BCUT2D eigenvalue weighted by Crippen LogP contribution is -2.42. The topological polar surface area (TPSA) is 54.5 Å². The first kappa shape index (κ1) is 19.6. The molecule has 23 heavy (non-hydrogen) atoms. The highest BCUT2D eigenvalue weighted by atomic mass is 32.1. The van der Waals surface area contributed by atoms with Gasteiger partial charge in [0.05, 0.1) is 19.8 Å². The molecule has 0 saturated heterocycles. The van der Waals surface area contributed by atoms with Gasteiger partial charge in [-0.05, 0) is 12.2 Å². The van der Waals surface area contributed by atoms with Gasteiger partial charge in [0.2, 0.25) is 11.8 Å². The molecule has 1 amide bonds. The Labute approximate surface area is 137 Å². The van der Waals surface area contributed by atoms with Crippen LogP contribution < -0.4 is 0 Å². The van der Waals surface area contributed by atoms with Gasteiger partial charge in [0, 0.05) is 19.5 Å². The van der Waals surface area contributed by atoms with Crippen molar-refractivity contribution in [2.45, 2.75) is 39.0 Å². The Kier molecular flexibility index (Phi) is 5.97. The van der Waals surface area contributed by atoms with Crippen molar-refractivity contribution in [1.82, 2.24) is 19.6 Å². The van der Waals surface area contributed by atoms with E-state index in [0.717, 1.165) is 9.58 Å². The summed E-state index contributed by atoms with van der Waals surface area (Å²) < 4.78 is 44.6. The number of halogens is 3. The van der Waals surface area contributed by atoms with E-state index >= 15 is 0 Å². The molecule has 0 saturated carbocycles. The monoisotopic (exact) mass is 354 g/mol. The third-order valence-corrected chi connectivity index (χ3v) is 3.14. The molecule has 0 aliphatic rings. The van der Waals surface area contributed by atoms with E-state index in [4.69, 9.17) is 16.6 Å². The van der Waals surface area contributed by atoms with Crippen molar-refractivity contribution in [3.8, 4) is 0 Å². The third kappa shape index (κ3) is 6.30. The smallest absolute Gasteiger partial charge is 0.401 e. The van der Waals surface area contributed by atoms with Crippen molar-refractivity contribution < 1.29 is 22.4 Å². The number of aromatic nitrogens is 2. The molecule has 0 bridgehead atoms. The standard InChI is InChI=1S/C13H21F3N4O2S/c1-12(2,3)10-17-20(11(23)22-10)8-19(7-13(14,15)16)6-9(21)18(4)5/h6-8H2,1-5H3. The van der Waals surface area contributed by atoms with Crippen LogP contribution in [0.15, 0.2) is 4.42 Å². The summed E-state index contributed by atoms with van der Waals surface area (Å²) in [5, 5.41) is 4.11. The summed E-state index contributed by atoms with van der Waals surface area (Å²) >= 11 is 5.00. The Balaban J connectivity index is 2.99. The maximum absolute atomic E-state index is 12.7. The fourth-order valence-electron chi connectivity index (χ4n) is 1.63. The van der Waals surface area contributed by atoms with Crippen molar-refractivity contribution in [3.05, 3.63) is 10.7 Å². The summed E-state index contributed by atoms with van der Waals surface area (Å²) in [6.45, 7) is 3.62. The molecule has 0 unspecified atom stereocenters. The van der Waals surface area contributed by atoms with E-state index in [1.54, 1.807) is 0 Å². The van der Waals surface area contributed by atoms with Crippen LogP contribution in [0.2, 0.25) is 0 Å². The maximum atomic E-state index is 12.7. The first-order chi connectivity index (χ1) is 10.3. The van der Waals surface area contributed by atoms with Crippen LogP contribution in [0, 0.1) is 4.84 Å². The first-order valence-electron chi connectivity index (χ1n) is 6.87. The molecule has 0 N–H and O–H groups in total. The molecule has 1 rings (SSSR count). The second-order valence-corrected chi connectivity index (χ2v) is 6.80. The Bertz CT molecular complexity index is 602.